The zero-order valence-electron chi connectivity index (χ0n) is 13.3. The first-order chi connectivity index (χ1) is 10.2. The standard InChI is InChI=1S/C17H27NO2S/c1-4-6-13-9-10-16(18-2)17(11-13)21(19)15-8-5-7-14(12-15)20-3/h5,7-8,12-13,16-18H,4,6,9-11H2,1-3H3. The monoisotopic (exact) mass is 309 g/mol. The van der Waals surface area contributed by atoms with Crippen molar-refractivity contribution in [2.24, 2.45) is 5.92 Å². The molecule has 3 nitrogen and oxygen atoms in total. The number of hydrogen-bond acceptors (Lipinski definition) is 3. The molecule has 1 aromatic rings. The average molecular weight is 309 g/mol. The summed E-state index contributed by atoms with van der Waals surface area (Å²) in [4.78, 5) is 0.886. The van der Waals surface area contributed by atoms with Crippen LogP contribution in [0.1, 0.15) is 39.0 Å². The number of ether oxygens (including phenoxy) is 1. The van der Waals surface area contributed by atoms with Gasteiger partial charge in [-0.1, -0.05) is 25.8 Å². The Morgan fingerprint density at radius 2 is 2.19 bits per heavy atom. The van der Waals surface area contributed by atoms with Crippen LogP contribution in [0.25, 0.3) is 0 Å². The summed E-state index contributed by atoms with van der Waals surface area (Å²) in [6.45, 7) is 2.23. The molecule has 0 spiro atoms. The second-order valence-corrected chi connectivity index (χ2v) is 7.55. The second-order valence-electron chi connectivity index (χ2n) is 5.88. The fourth-order valence-electron chi connectivity index (χ4n) is 3.35. The lowest BCUT2D eigenvalue weighted by atomic mass is 9.83. The van der Waals surface area contributed by atoms with E-state index < -0.39 is 10.8 Å². The van der Waals surface area contributed by atoms with Crippen LogP contribution in [0.2, 0.25) is 0 Å². The molecule has 1 aliphatic carbocycles. The van der Waals surface area contributed by atoms with Crippen molar-refractivity contribution in [2.75, 3.05) is 14.2 Å². The maximum atomic E-state index is 13.0. The lowest BCUT2D eigenvalue weighted by Crippen LogP contribution is -2.44. The van der Waals surface area contributed by atoms with Crippen LogP contribution < -0.4 is 10.1 Å². The van der Waals surface area contributed by atoms with Crippen LogP contribution in [0.5, 0.6) is 5.75 Å². The van der Waals surface area contributed by atoms with Crippen LogP contribution in [0.15, 0.2) is 29.2 Å². The van der Waals surface area contributed by atoms with Crippen molar-refractivity contribution in [3.05, 3.63) is 24.3 Å². The van der Waals surface area contributed by atoms with E-state index in [9.17, 15) is 4.21 Å². The quantitative estimate of drug-likeness (QED) is 0.875. The third-order valence-corrected chi connectivity index (χ3v) is 6.31. The van der Waals surface area contributed by atoms with Gasteiger partial charge in [-0.05, 0) is 50.4 Å². The summed E-state index contributed by atoms with van der Waals surface area (Å²) < 4.78 is 18.3. The Morgan fingerprint density at radius 1 is 1.38 bits per heavy atom. The van der Waals surface area contributed by atoms with E-state index in [-0.39, 0.29) is 5.25 Å². The highest BCUT2D eigenvalue weighted by Gasteiger charge is 2.33. The minimum atomic E-state index is -0.978. The molecule has 1 aromatic carbocycles. The van der Waals surface area contributed by atoms with Crippen molar-refractivity contribution in [3.63, 3.8) is 0 Å². The molecular weight excluding hydrogens is 282 g/mol. The number of benzene rings is 1. The van der Waals surface area contributed by atoms with E-state index in [2.05, 4.69) is 12.2 Å². The number of methoxy groups -OCH3 is 1. The summed E-state index contributed by atoms with van der Waals surface area (Å²) in [5, 5.41) is 3.57. The molecule has 2 rings (SSSR count). The molecule has 4 unspecified atom stereocenters. The molecule has 0 bridgehead atoms. The Hall–Kier alpha value is -0.870. The molecular formula is C17H27NO2S. The van der Waals surface area contributed by atoms with Crippen molar-refractivity contribution >= 4 is 10.8 Å². The Balaban J connectivity index is 2.16. The third-order valence-electron chi connectivity index (χ3n) is 4.52. The van der Waals surface area contributed by atoms with Gasteiger partial charge in [0.15, 0.2) is 0 Å². The maximum Gasteiger partial charge on any atom is 0.120 e. The molecule has 1 N–H and O–H groups in total. The third kappa shape index (κ3) is 4.07. The normalized spacial score (nSPS) is 27.3. The smallest absolute Gasteiger partial charge is 0.120 e. The van der Waals surface area contributed by atoms with Crippen LogP contribution >= 0.6 is 0 Å². The summed E-state index contributed by atoms with van der Waals surface area (Å²) in [6, 6.07) is 8.04. The highest BCUT2D eigenvalue weighted by molar-refractivity contribution is 7.85. The summed E-state index contributed by atoms with van der Waals surface area (Å²) in [5.41, 5.74) is 0. The van der Waals surface area contributed by atoms with E-state index in [1.54, 1.807) is 7.11 Å². The first kappa shape index (κ1) is 16.5. The molecule has 0 heterocycles. The Bertz CT molecular complexity index is 478. The van der Waals surface area contributed by atoms with Gasteiger partial charge in [-0.2, -0.15) is 0 Å². The van der Waals surface area contributed by atoms with Crippen molar-refractivity contribution in [3.8, 4) is 5.75 Å². The van der Waals surface area contributed by atoms with Gasteiger partial charge in [0, 0.05) is 10.9 Å². The molecule has 118 valence electrons. The van der Waals surface area contributed by atoms with Gasteiger partial charge in [0.05, 0.1) is 23.2 Å². The Labute approximate surface area is 130 Å². The molecule has 4 atom stereocenters. The summed E-state index contributed by atoms with van der Waals surface area (Å²) in [7, 11) is 2.66. The predicted octanol–water partition coefficient (Wildman–Crippen LogP) is 3.36. The van der Waals surface area contributed by atoms with Crippen molar-refractivity contribution in [2.45, 2.75) is 55.2 Å². The zero-order valence-corrected chi connectivity index (χ0v) is 14.1. The van der Waals surface area contributed by atoms with Crippen LogP contribution in [0.4, 0.5) is 0 Å². The first-order valence-corrected chi connectivity index (χ1v) is 9.12. The fourth-order valence-corrected chi connectivity index (χ4v) is 5.16. The van der Waals surface area contributed by atoms with Crippen LogP contribution in [0.3, 0.4) is 0 Å². The predicted molar refractivity (Wildman–Crippen MR) is 88.3 cm³/mol. The lowest BCUT2D eigenvalue weighted by molar-refractivity contribution is 0.292. The van der Waals surface area contributed by atoms with E-state index in [0.717, 1.165) is 29.4 Å². The topological polar surface area (TPSA) is 38.3 Å². The number of hydrogen-bond donors (Lipinski definition) is 1. The van der Waals surface area contributed by atoms with Crippen LogP contribution in [0, 0.1) is 5.92 Å². The molecule has 1 aliphatic rings. The minimum absolute atomic E-state index is 0.201. The first-order valence-electron chi connectivity index (χ1n) is 7.91. The minimum Gasteiger partial charge on any atom is -0.497 e. The van der Waals surface area contributed by atoms with E-state index in [1.165, 1.54) is 19.3 Å². The van der Waals surface area contributed by atoms with Gasteiger partial charge < -0.3 is 10.1 Å². The van der Waals surface area contributed by atoms with Gasteiger partial charge in [0.2, 0.25) is 0 Å². The lowest BCUT2D eigenvalue weighted by Gasteiger charge is -2.35. The van der Waals surface area contributed by atoms with Gasteiger partial charge in [-0.3, -0.25) is 4.21 Å². The van der Waals surface area contributed by atoms with E-state index in [1.807, 2.05) is 31.3 Å². The van der Waals surface area contributed by atoms with Gasteiger partial charge in [0.25, 0.3) is 0 Å². The molecule has 0 radical (unpaired) electrons. The van der Waals surface area contributed by atoms with Crippen LogP contribution in [-0.4, -0.2) is 29.7 Å². The van der Waals surface area contributed by atoms with E-state index in [4.69, 9.17) is 4.74 Å². The SMILES string of the molecule is CCCC1CCC(NC)C(S(=O)c2cccc(OC)c2)C1. The van der Waals surface area contributed by atoms with Gasteiger partial charge in [0.1, 0.15) is 5.75 Å². The molecule has 0 amide bonds. The molecule has 0 saturated heterocycles. The Morgan fingerprint density at radius 3 is 2.86 bits per heavy atom. The van der Waals surface area contributed by atoms with E-state index in [0.29, 0.717) is 6.04 Å². The molecule has 4 heteroatoms. The van der Waals surface area contributed by atoms with Gasteiger partial charge >= 0.3 is 0 Å². The van der Waals surface area contributed by atoms with Crippen molar-refractivity contribution in [1.82, 2.24) is 5.32 Å². The zero-order chi connectivity index (χ0) is 15.2. The van der Waals surface area contributed by atoms with Crippen molar-refractivity contribution < 1.29 is 8.95 Å². The highest BCUT2D eigenvalue weighted by Crippen LogP contribution is 2.33. The number of rotatable bonds is 6. The summed E-state index contributed by atoms with van der Waals surface area (Å²) in [5.74, 6) is 1.50. The highest BCUT2D eigenvalue weighted by atomic mass is 32.2. The number of nitrogens with one attached hydrogen (secondary N) is 1. The molecule has 21 heavy (non-hydrogen) atoms. The van der Waals surface area contributed by atoms with E-state index >= 15 is 0 Å². The average Bonchev–Trinajstić information content (AvgIpc) is 2.54. The molecule has 1 saturated carbocycles. The van der Waals surface area contributed by atoms with Crippen LogP contribution in [-0.2, 0) is 10.8 Å². The largest absolute Gasteiger partial charge is 0.497 e. The summed E-state index contributed by atoms with van der Waals surface area (Å²) in [6.07, 6.45) is 5.91. The Kier molecular flexibility index (Phi) is 6.24. The van der Waals surface area contributed by atoms with Crippen molar-refractivity contribution in [1.29, 1.82) is 0 Å². The second kappa shape index (κ2) is 7.95. The molecule has 0 aromatic heterocycles. The van der Waals surface area contributed by atoms with Gasteiger partial charge in [-0.25, -0.2) is 0 Å². The summed E-state index contributed by atoms with van der Waals surface area (Å²) >= 11 is 0. The molecule has 1 fully saturated rings. The maximum absolute atomic E-state index is 13.0. The van der Waals surface area contributed by atoms with Gasteiger partial charge in [-0.15, -0.1) is 0 Å². The fraction of sp³-hybridized carbons (Fsp3) is 0.647. The molecule has 0 aliphatic heterocycles.